The van der Waals surface area contributed by atoms with Crippen LogP contribution in [0.25, 0.3) is 0 Å². The Morgan fingerprint density at radius 1 is 1.43 bits per heavy atom. The van der Waals surface area contributed by atoms with Gasteiger partial charge in [-0.3, -0.25) is 14.4 Å². The number of nitrogens with one attached hydrogen (secondary N) is 1. The van der Waals surface area contributed by atoms with Crippen LogP contribution in [0.15, 0.2) is 0 Å². The number of amides is 2. The van der Waals surface area contributed by atoms with Crippen molar-refractivity contribution in [1.29, 1.82) is 0 Å². The van der Waals surface area contributed by atoms with Crippen molar-refractivity contribution in [2.24, 2.45) is 11.7 Å². The summed E-state index contributed by atoms with van der Waals surface area (Å²) in [5.74, 6) is -0.165. The number of nitrogens with two attached hydrogens (primary N) is 1. The number of hydrogen-bond donors (Lipinski definition) is 2. The van der Waals surface area contributed by atoms with E-state index in [1.54, 1.807) is 0 Å². The number of thioether (sulfide) groups is 1. The zero-order valence-electron chi connectivity index (χ0n) is 12.0. The van der Waals surface area contributed by atoms with Gasteiger partial charge in [0.1, 0.15) is 5.00 Å². The van der Waals surface area contributed by atoms with Crippen LogP contribution in [0.3, 0.4) is 0 Å². The fourth-order valence-electron chi connectivity index (χ4n) is 2.43. The summed E-state index contributed by atoms with van der Waals surface area (Å²) in [6, 6.07) is 0. The lowest BCUT2D eigenvalue weighted by Crippen LogP contribution is -2.20. The highest BCUT2D eigenvalue weighted by molar-refractivity contribution is 8.14. The minimum absolute atomic E-state index is 0.0481. The molecule has 0 aliphatic heterocycles. The van der Waals surface area contributed by atoms with E-state index in [0.717, 1.165) is 41.5 Å². The molecule has 1 aliphatic carbocycles. The fourth-order valence-corrected chi connectivity index (χ4v) is 4.27. The third-order valence-corrected chi connectivity index (χ3v) is 5.40. The van der Waals surface area contributed by atoms with Crippen LogP contribution in [-0.2, 0) is 22.4 Å². The first kappa shape index (κ1) is 16.0. The van der Waals surface area contributed by atoms with Gasteiger partial charge in [0.05, 0.1) is 11.3 Å². The Hall–Kier alpha value is -1.34. The summed E-state index contributed by atoms with van der Waals surface area (Å²) in [6.45, 7) is 3.59. The molecule has 0 spiro atoms. The molecular formula is C14H18N2O3S2. The predicted octanol–water partition coefficient (Wildman–Crippen LogP) is 2.19. The third-order valence-electron chi connectivity index (χ3n) is 3.42. The van der Waals surface area contributed by atoms with E-state index < -0.39 is 5.91 Å². The van der Waals surface area contributed by atoms with Gasteiger partial charge >= 0.3 is 0 Å². The molecule has 0 saturated heterocycles. The normalized spacial score (nSPS) is 17.1. The number of rotatable bonds is 4. The summed E-state index contributed by atoms with van der Waals surface area (Å²) in [5, 5.41) is 3.14. The summed E-state index contributed by atoms with van der Waals surface area (Å²) in [4.78, 5) is 35.6. The molecule has 21 heavy (non-hydrogen) atoms. The lowest BCUT2D eigenvalue weighted by Gasteiger charge is -2.18. The Kier molecular flexibility index (Phi) is 5.05. The molecule has 0 radical (unpaired) electrons. The molecule has 1 heterocycles. The molecule has 3 N–H and O–H groups in total. The van der Waals surface area contributed by atoms with Crippen LogP contribution in [0.2, 0.25) is 0 Å². The largest absolute Gasteiger partial charge is 0.365 e. The van der Waals surface area contributed by atoms with Crippen molar-refractivity contribution in [1.82, 2.24) is 0 Å². The van der Waals surface area contributed by atoms with Crippen molar-refractivity contribution >= 4 is 45.0 Å². The van der Waals surface area contributed by atoms with Gasteiger partial charge in [0.2, 0.25) is 5.91 Å². The van der Waals surface area contributed by atoms with Gasteiger partial charge in [0, 0.05) is 11.8 Å². The maximum Gasteiger partial charge on any atom is 0.251 e. The molecule has 1 unspecified atom stereocenters. The second-order valence-corrected chi connectivity index (χ2v) is 7.51. The Labute approximate surface area is 131 Å². The molecule has 0 saturated carbocycles. The monoisotopic (exact) mass is 326 g/mol. The molecule has 1 aromatic heterocycles. The topological polar surface area (TPSA) is 89.3 Å². The quantitative estimate of drug-likeness (QED) is 0.887. The van der Waals surface area contributed by atoms with Crippen LogP contribution in [0.1, 0.15) is 41.1 Å². The van der Waals surface area contributed by atoms with Crippen LogP contribution in [-0.4, -0.2) is 22.7 Å². The standard InChI is InChI=1S/C14H18N2O3S2/c1-7-3-4-9-10(5-7)21-14(12(9)13(15)19)16-11(18)6-20-8(2)17/h7H,3-6H2,1-2H3,(H2,15,19)(H,16,18). The van der Waals surface area contributed by atoms with Crippen molar-refractivity contribution < 1.29 is 14.4 Å². The van der Waals surface area contributed by atoms with Gasteiger partial charge in [-0.2, -0.15) is 0 Å². The number of carbonyl (C=O) groups is 3. The number of primary amides is 1. The summed E-state index contributed by atoms with van der Waals surface area (Å²) in [7, 11) is 0. The van der Waals surface area contributed by atoms with Crippen LogP contribution >= 0.6 is 23.1 Å². The van der Waals surface area contributed by atoms with Crippen molar-refractivity contribution in [2.45, 2.75) is 33.1 Å². The average Bonchev–Trinajstić information content (AvgIpc) is 2.73. The smallest absolute Gasteiger partial charge is 0.251 e. The van der Waals surface area contributed by atoms with E-state index in [2.05, 4.69) is 12.2 Å². The summed E-state index contributed by atoms with van der Waals surface area (Å²) >= 11 is 2.38. The second-order valence-electron chi connectivity index (χ2n) is 5.25. The first-order valence-electron chi connectivity index (χ1n) is 6.76. The molecule has 2 rings (SSSR count). The SMILES string of the molecule is CC(=O)SCC(=O)Nc1sc2c(c1C(N)=O)CCC(C)C2. The van der Waals surface area contributed by atoms with Crippen molar-refractivity contribution in [3.05, 3.63) is 16.0 Å². The molecule has 0 bridgehead atoms. The highest BCUT2D eigenvalue weighted by atomic mass is 32.2. The highest BCUT2D eigenvalue weighted by Crippen LogP contribution is 2.39. The van der Waals surface area contributed by atoms with Crippen LogP contribution < -0.4 is 11.1 Å². The zero-order chi connectivity index (χ0) is 15.6. The summed E-state index contributed by atoms with van der Waals surface area (Å²) in [5.41, 5.74) is 6.91. The Morgan fingerprint density at radius 3 is 2.76 bits per heavy atom. The number of carbonyl (C=O) groups excluding carboxylic acids is 3. The Bertz CT molecular complexity index is 595. The van der Waals surface area contributed by atoms with Gasteiger partial charge < -0.3 is 11.1 Å². The molecule has 0 fully saturated rings. The number of hydrogen-bond acceptors (Lipinski definition) is 5. The Morgan fingerprint density at radius 2 is 2.14 bits per heavy atom. The molecule has 2 amide bonds. The number of anilines is 1. The predicted molar refractivity (Wildman–Crippen MR) is 85.8 cm³/mol. The van der Waals surface area contributed by atoms with E-state index in [1.165, 1.54) is 18.3 Å². The zero-order valence-corrected chi connectivity index (χ0v) is 13.7. The van der Waals surface area contributed by atoms with Crippen LogP contribution in [0.4, 0.5) is 5.00 Å². The molecule has 1 aliphatic rings. The van der Waals surface area contributed by atoms with E-state index in [-0.39, 0.29) is 16.8 Å². The van der Waals surface area contributed by atoms with E-state index in [9.17, 15) is 14.4 Å². The Balaban J connectivity index is 2.21. The van der Waals surface area contributed by atoms with Gasteiger partial charge in [-0.05, 0) is 30.7 Å². The van der Waals surface area contributed by atoms with Crippen LogP contribution in [0, 0.1) is 5.92 Å². The average molecular weight is 326 g/mol. The molecule has 5 nitrogen and oxygen atoms in total. The minimum atomic E-state index is -0.503. The van der Waals surface area contributed by atoms with Gasteiger partial charge in [-0.1, -0.05) is 18.7 Å². The molecule has 0 aromatic carbocycles. The fraction of sp³-hybridized carbons (Fsp3) is 0.500. The lowest BCUT2D eigenvalue weighted by atomic mass is 9.88. The molecular weight excluding hydrogens is 308 g/mol. The van der Waals surface area contributed by atoms with Crippen LogP contribution in [0.5, 0.6) is 0 Å². The molecule has 7 heteroatoms. The van der Waals surface area contributed by atoms with E-state index in [4.69, 9.17) is 5.73 Å². The third kappa shape index (κ3) is 3.85. The van der Waals surface area contributed by atoms with E-state index >= 15 is 0 Å². The highest BCUT2D eigenvalue weighted by Gasteiger charge is 2.27. The maximum absolute atomic E-state index is 11.8. The van der Waals surface area contributed by atoms with Crippen molar-refractivity contribution in [3.63, 3.8) is 0 Å². The van der Waals surface area contributed by atoms with Gasteiger partial charge in [-0.25, -0.2) is 0 Å². The minimum Gasteiger partial charge on any atom is -0.365 e. The summed E-state index contributed by atoms with van der Waals surface area (Å²) in [6.07, 6.45) is 2.76. The molecule has 1 atom stereocenters. The van der Waals surface area contributed by atoms with Gasteiger partial charge in [0.25, 0.3) is 5.91 Å². The molecule has 114 valence electrons. The number of thiophene rings is 1. The maximum atomic E-state index is 11.8. The summed E-state index contributed by atoms with van der Waals surface area (Å²) < 4.78 is 0. The van der Waals surface area contributed by atoms with E-state index in [1.807, 2.05) is 0 Å². The molecule has 1 aromatic rings. The van der Waals surface area contributed by atoms with E-state index in [0.29, 0.717) is 16.5 Å². The lowest BCUT2D eigenvalue weighted by molar-refractivity contribution is -0.114. The van der Waals surface area contributed by atoms with Crippen molar-refractivity contribution in [2.75, 3.05) is 11.1 Å². The number of fused-ring (bicyclic) bond motifs is 1. The first-order chi connectivity index (χ1) is 9.88. The first-order valence-corrected chi connectivity index (χ1v) is 8.56. The van der Waals surface area contributed by atoms with Gasteiger partial charge in [0.15, 0.2) is 5.12 Å². The second kappa shape index (κ2) is 6.62. The van der Waals surface area contributed by atoms with Gasteiger partial charge in [-0.15, -0.1) is 11.3 Å². The van der Waals surface area contributed by atoms with Crippen molar-refractivity contribution in [3.8, 4) is 0 Å².